The highest BCUT2D eigenvalue weighted by molar-refractivity contribution is 5.76. The van der Waals surface area contributed by atoms with Crippen LogP contribution in [-0.2, 0) is 22.4 Å². The first kappa shape index (κ1) is 17.6. The summed E-state index contributed by atoms with van der Waals surface area (Å²) in [5.41, 5.74) is 1.88. The van der Waals surface area contributed by atoms with Crippen LogP contribution in [0, 0.1) is 13.8 Å². The largest absolute Gasteiger partial charge is 0.366 e. The van der Waals surface area contributed by atoms with Crippen molar-refractivity contribution in [3.05, 3.63) is 28.7 Å². The highest BCUT2D eigenvalue weighted by Crippen LogP contribution is 2.21. The Bertz CT molecular complexity index is 704. The molecule has 1 amide bonds. The molecule has 3 heterocycles. The molecule has 1 aliphatic heterocycles. The highest BCUT2D eigenvalue weighted by Gasteiger charge is 2.28. The van der Waals surface area contributed by atoms with Gasteiger partial charge in [-0.1, -0.05) is 12.1 Å². The van der Waals surface area contributed by atoms with E-state index in [0.717, 1.165) is 35.7 Å². The summed E-state index contributed by atoms with van der Waals surface area (Å²) >= 11 is 0. The molecule has 0 bridgehead atoms. The number of aromatic amines is 1. The van der Waals surface area contributed by atoms with E-state index in [2.05, 4.69) is 27.3 Å². The molecule has 8 heteroatoms. The normalized spacial score (nSPS) is 17.9. The fourth-order valence-corrected chi connectivity index (χ4v) is 3.08. The van der Waals surface area contributed by atoms with Crippen LogP contribution in [0.1, 0.15) is 54.5 Å². The number of carbonyl (C=O) groups excluding carboxylic acids is 1. The molecular formula is C17H25N5O3. The number of hydrogen-bond acceptors (Lipinski definition) is 6. The van der Waals surface area contributed by atoms with Gasteiger partial charge in [0.25, 0.3) is 0 Å². The van der Waals surface area contributed by atoms with E-state index >= 15 is 0 Å². The minimum absolute atomic E-state index is 0.109. The molecule has 3 rings (SSSR count). The zero-order chi connectivity index (χ0) is 17.8. The predicted molar refractivity (Wildman–Crippen MR) is 89.9 cm³/mol. The third-order valence-corrected chi connectivity index (χ3v) is 4.51. The minimum atomic E-state index is -0.265. The van der Waals surface area contributed by atoms with E-state index in [9.17, 15) is 4.79 Å². The molecule has 1 aliphatic rings. The molecule has 0 aromatic carbocycles. The van der Waals surface area contributed by atoms with Gasteiger partial charge in [0.2, 0.25) is 5.91 Å². The van der Waals surface area contributed by atoms with E-state index in [0.29, 0.717) is 38.4 Å². The summed E-state index contributed by atoms with van der Waals surface area (Å²) in [6.45, 7) is 7.46. The van der Waals surface area contributed by atoms with E-state index in [1.165, 1.54) is 0 Å². The molecule has 1 atom stereocenters. The van der Waals surface area contributed by atoms with Crippen LogP contribution in [0.2, 0.25) is 0 Å². The molecule has 0 spiro atoms. The van der Waals surface area contributed by atoms with Crippen LogP contribution < -0.4 is 0 Å². The van der Waals surface area contributed by atoms with Crippen molar-refractivity contribution in [1.82, 2.24) is 25.2 Å². The van der Waals surface area contributed by atoms with Crippen LogP contribution in [0.4, 0.5) is 0 Å². The molecule has 0 aliphatic carbocycles. The summed E-state index contributed by atoms with van der Waals surface area (Å²) in [5.74, 6) is 2.39. The number of rotatable bonds is 6. The molecule has 136 valence electrons. The third kappa shape index (κ3) is 4.07. The highest BCUT2D eigenvalue weighted by atomic mass is 16.5. The van der Waals surface area contributed by atoms with Gasteiger partial charge in [0.05, 0.1) is 18.8 Å². The van der Waals surface area contributed by atoms with Crippen LogP contribution in [-0.4, -0.2) is 50.8 Å². The van der Waals surface area contributed by atoms with Crippen molar-refractivity contribution in [2.24, 2.45) is 0 Å². The van der Waals surface area contributed by atoms with Crippen molar-refractivity contribution >= 4 is 5.91 Å². The van der Waals surface area contributed by atoms with Gasteiger partial charge in [0.15, 0.2) is 5.82 Å². The number of aromatic nitrogens is 4. The van der Waals surface area contributed by atoms with Crippen molar-refractivity contribution < 1.29 is 14.1 Å². The lowest BCUT2D eigenvalue weighted by atomic mass is 10.1. The Hall–Kier alpha value is -2.22. The molecule has 2 aromatic rings. The Kier molecular flexibility index (Phi) is 5.47. The number of H-pyrrole nitrogens is 1. The Morgan fingerprint density at radius 1 is 1.36 bits per heavy atom. The summed E-state index contributed by atoms with van der Waals surface area (Å²) < 4.78 is 10.9. The van der Waals surface area contributed by atoms with Gasteiger partial charge in [0.1, 0.15) is 17.7 Å². The molecule has 0 radical (unpaired) electrons. The summed E-state index contributed by atoms with van der Waals surface area (Å²) in [7, 11) is 0. The SMILES string of the molecule is CCCc1nc([C@@H]2CN(C(=O)CCc3c(C)noc3C)CCO2)n[nH]1. The molecule has 25 heavy (non-hydrogen) atoms. The maximum Gasteiger partial charge on any atom is 0.223 e. The average Bonchev–Trinajstić information content (AvgIpc) is 3.21. The fourth-order valence-electron chi connectivity index (χ4n) is 3.08. The van der Waals surface area contributed by atoms with E-state index < -0.39 is 0 Å². The first-order chi connectivity index (χ1) is 12.1. The number of carbonyl (C=O) groups is 1. The topological polar surface area (TPSA) is 97.1 Å². The summed E-state index contributed by atoms with van der Waals surface area (Å²) in [6, 6.07) is 0. The Morgan fingerprint density at radius 2 is 2.20 bits per heavy atom. The van der Waals surface area contributed by atoms with Crippen molar-refractivity contribution in [2.45, 2.75) is 52.6 Å². The Morgan fingerprint density at radius 3 is 2.92 bits per heavy atom. The van der Waals surface area contributed by atoms with E-state index in [1.807, 2.05) is 18.7 Å². The maximum atomic E-state index is 12.6. The van der Waals surface area contributed by atoms with Gasteiger partial charge >= 0.3 is 0 Å². The smallest absolute Gasteiger partial charge is 0.223 e. The zero-order valence-corrected chi connectivity index (χ0v) is 15.0. The number of morpholine rings is 1. The number of hydrogen-bond donors (Lipinski definition) is 1. The number of nitrogens with one attached hydrogen (secondary N) is 1. The molecular weight excluding hydrogens is 322 g/mol. The van der Waals surface area contributed by atoms with Crippen LogP contribution in [0.5, 0.6) is 0 Å². The van der Waals surface area contributed by atoms with Crippen molar-refractivity contribution in [1.29, 1.82) is 0 Å². The molecule has 8 nitrogen and oxygen atoms in total. The van der Waals surface area contributed by atoms with E-state index in [4.69, 9.17) is 9.26 Å². The second-order valence-electron chi connectivity index (χ2n) is 6.39. The fraction of sp³-hybridized carbons (Fsp3) is 0.647. The van der Waals surface area contributed by atoms with Crippen LogP contribution in [0.3, 0.4) is 0 Å². The van der Waals surface area contributed by atoms with Crippen LogP contribution in [0.15, 0.2) is 4.52 Å². The van der Waals surface area contributed by atoms with Crippen LogP contribution >= 0.6 is 0 Å². The number of amides is 1. The quantitative estimate of drug-likeness (QED) is 0.857. The van der Waals surface area contributed by atoms with Crippen LogP contribution in [0.25, 0.3) is 0 Å². The predicted octanol–water partition coefficient (Wildman–Crippen LogP) is 1.89. The van der Waals surface area contributed by atoms with Gasteiger partial charge in [-0.2, -0.15) is 5.10 Å². The molecule has 0 unspecified atom stereocenters. The molecule has 0 saturated carbocycles. The van der Waals surface area contributed by atoms with Gasteiger partial charge < -0.3 is 14.2 Å². The lowest BCUT2D eigenvalue weighted by molar-refractivity contribution is -0.139. The third-order valence-electron chi connectivity index (χ3n) is 4.51. The Labute approximate surface area is 146 Å². The first-order valence-electron chi connectivity index (χ1n) is 8.80. The van der Waals surface area contributed by atoms with Crippen molar-refractivity contribution in [2.75, 3.05) is 19.7 Å². The number of nitrogens with zero attached hydrogens (tertiary/aromatic N) is 4. The monoisotopic (exact) mass is 347 g/mol. The summed E-state index contributed by atoms with van der Waals surface area (Å²) in [6.07, 6.45) is 2.68. The minimum Gasteiger partial charge on any atom is -0.366 e. The van der Waals surface area contributed by atoms with Crippen molar-refractivity contribution in [3.63, 3.8) is 0 Å². The van der Waals surface area contributed by atoms with E-state index in [-0.39, 0.29) is 12.0 Å². The number of ether oxygens (including phenoxy) is 1. The van der Waals surface area contributed by atoms with Crippen molar-refractivity contribution in [3.8, 4) is 0 Å². The molecule has 1 N–H and O–H groups in total. The average molecular weight is 347 g/mol. The van der Waals surface area contributed by atoms with Gasteiger partial charge in [-0.05, 0) is 26.7 Å². The standard InChI is InChI=1S/C17H25N5O3/c1-4-5-15-18-17(20-19-15)14-10-22(8-9-24-14)16(23)7-6-13-11(2)21-25-12(13)3/h14H,4-10H2,1-3H3,(H,18,19,20)/t14-/m0/s1. The molecule has 1 saturated heterocycles. The molecule has 2 aromatic heterocycles. The maximum absolute atomic E-state index is 12.6. The lowest BCUT2D eigenvalue weighted by Gasteiger charge is -2.31. The second-order valence-corrected chi connectivity index (χ2v) is 6.39. The van der Waals surface area contributed by atoms with Gasteiger partial charge in [-0.25, -0.2) is 4.98 Å². The summed E-state index contributed by atoms with van der Waals surface area (Å²) in [5, 5.41) is 11.1. The zero-order valence-electron chi connectivity index (χ0n) is 15.0. The van der Waals surface area contributed by atoms with E-state index in [1.54, 1.807) is 0 Å². The van der Waals surface area contributed by atoms with Gasteiger partial charge in [0, 0.05) is 24.9 Å². The number of aryl methyl sites for hydroxylation is 3. The second kappa shape index (κ2) is 7.77. The molecule has 1 fully saturated rings. The first-order valence-corrected chi connectivity index (χ1v) is 8.80. The lowest BCUT2D eigenvalue weighted by Crippen LogP contribution is -2.42. The van der Waals surface area contributed by atoms with Gasteiger partial charge in [-0.3, -0.25) is 9.89 Å². The summed E-state index contributed by atoms with van der Waals surface area (Å²) in [4.78, 5) is 18.9. The Balaban J connectivity index is 1.57. The van der Waals surface area contributed by atoms with Gasteiger partial charge in [-0.15, -0.1) is 0 Å².